The van der Waals surface area contributed by atoms with Crippen LogP contribution >= 0.6 is 0 Å². The van der Waals surface area contributed by atoms with Gasteiger partial charge in [-0.15, -0.1) is 0 Å². The van der Waals surface area contributed by atoms with Crippen molar-refractivity contribution >= 4 is 0 Å². The summed E-state index contributed by atoms with van der Waals surface area (Å²) in [6.07, 6.45) is 1.81. The molecule has 0 bridgehead atoms. The first-order valence-corrected chi connectivity index (χ1v) is 4.22. The average molecular weight is 160 g/mol. The fourth-order valence-electron chi connectivity index (χ4n) is 1.55. The molecule has 3 N–H and O–H groups in total. The third-order valence-electron chi connectivity index (χ3n) is 2.16. The van der Waals surface area contributed by atoms with E-state index in [9.17, 15) is 15.3 Å². The summed E-state index contributed by atoms with van der Waals surface area (Å²) >= 11 is 0. The van der Waals surface area contributed by atoms with Gasteiger partial charge in [-0.1, -0.05) is 0 Å². The Bertz CT molecular complexity index is 104. The molecule has 2 unspecified atom stereocenters. The molecule has 0 saturated heterocycles. The Morgan fingerprint density at radius 2 is 1.18 bits per heavy atom. The largest absolute Gasteiger partial charge is 0.393 e. The van der Waals surface area contributed by atoms with Gasteiger partial charge in [-0.2, -0.15) is 0 Å². The molecule has 1 saturated carbocycles. The highest BCUT2D eigenvalue weighted by atomic mass is 16.3. The summed E-state index contributed by atoms with van der Waals surface area (Å²) in [5.41, 5.74) is 0. The maximum Gasteiger partial charge on any atom is 0.0589 e. The lowest BCUT2D eigenvalue weighted by atomic mass is 9.95. The first-order chi connectivity index (χ1) is 5.18. The van der Waals surface area contributed by atoms with Gasteiger partial charge in [0, 0.05) is 0 Å². The van der Waals surface area contributed by atoms with Gasteiger partial charge >= 0.3 is 0 Å². The molecule has 0 aromatic carbocycles. The lowest BCUT2D eigenvalue weighted by Gasteiger charge is -2.22. The van der Waals surface area contributed by atoms with Crippen LogP contribution < -0.4 is 0 Å². The van der Waals surface area contributed by atoms with Gasteiger partial charge in [0.05, 0.1) is 18.3 Å². The molecule has 66 valence electrons. The minimum absolute atomic E-state index is 0.377. The van der Waals surface area contributed by atoms with Crippen molar-refractivity contribution in [2.75, 3.05) is 0 Å². The Morgan fingerprint density at radius 1 is 0.727 bits per heavy atom. The molecular weight excluding hydrogens is 144 g/mol. The number of aliphatic hydroxyl groups excluding tert-OH is 3. The third kappa shape index (κ3) is 3.18. The zero-order valence-corrected chi connectivity index (χ0v) is 6.61. The topological polar surface area (TPSA) is 60.7 Å². The normalized spacial score (nSPS) is 41.2. The summed E-state index contributed by atoms with van der Waals surface area (Å²) in [5.74, 6) is 0. The Labute approximate surface area is 66.7 Å². The summed E-state index contributed by atoms with van der Waals surface area (Å²) in [5, 5.41) is 27.7. The smallest absolute Gasteiger partial charge is 0.0589 e. The summed E-state index contributed by atoms with van der Waals surface area (Å²) in [6.45, 7) is 0. The minimum atomic E-state index is -0.528. The quantitative estimate of drug-likeness (QED) is 0.468. The van der Waals surface area contributed by atoms with E-state index < -0.39 is 6.10 Å². The van der Waals surface area contributed by atoms with Crippen LogP contribution in [0.4, 0.5) is 0 Å². The molecule has 0 aromatic rings. The first kappa shape index (κ1) is 8.97. The zero-order valence-electron chi connectivity index (χ0n) is 6.61. The molecule has 0 aliphatic heterocycles. The fraction of sp³-hybridized carbons (Fsp3) is 1.00. The van der Waals surface area contributed by atoms with Crippen LogP contribution in [0.5, 0.6) is 0 Å². The Morgan fingerprint density at radius 3 is 1.64 bits per heavy atom. The van der Waals surface area contributed by atoms with Crippen LogP contribution in [0.25, 0.3) is 0 Å². The highest BCUT2D eigenvalue weighted by Crippen LogP contribution is 2.17. The van der Waals surface area contributed by atoms with Crippen molar-refractivity contribution in [3.05, 3.63) is 0 Å². The number of hydrogen-bond donors (Lipinski definition) is 3. The third-order valence-corrected chi connectivity index (χ3v) is 2.16. The van der Waals surface area contributed by atoms with Crippen LogP contribution in [0.15, 0.2) is 0 Å². The molecule has 3 heteroatoms. The van der Waals surface area contributed by atoms with Gasteiger partial charge in [-0.05, 0) is 32.1 Å². The molecule has 3 nitrogen and oxygen atoms in total. The molecular formula is C8H16O3. The minimum Gasteiger partial charge on any atom is -0.393 e. The van der Waals surface area contributed by atoms with Gasteiger partial charge in [0.1, 0.15) is 0 Å². The van der Waals surface area contributed by atoms with Gasteiger partial charge < -0.3 is 15.3 Å². The molecule has 0 radical (unpaired) electrons. The van der Waals surface area contributed by atoms with E-state index in [0.717, 1.165) is 6.42 Å². The Kier molecular flexibility index (Phi) is 3.30. The van der Waals surface area contributed by atoms with Crippen molar-refractivity contribution in [1.29, 1.82) is 0 Å². The van der Waals surface area contributed by atoms with Crippen LogP contribution in [0.2, 0.25) is 0 Å². The average Bonchev–Trinajstić information content (AvgIpc) is 1.83. The van der Waals surface area contributed by atoms with E-state index in [2.05, 4.69) is 0 Å². The van der Waals surface area contributed by atoms with Crippen LogP contribution in [0.1, 0.15) is 32.1 Å². The maximum absolute atomic E-state index is 9.24. The van der Waals surface area contributed by atoms with Crippen molar-refractivity contribution in [2.24, 2.45) is 0 Å². The van der Waals surface area contributed by atoms with Crippen molar-refractivity contribution in [3.63, 3.8) is 0 Å². The van der Waals surface area contributed by atoms with E-state index in [4.69, 9.17) is 0 Å². The van der Waals surface area contributed by atoms with Crippen LogP contribution in [0.3, 0.4) is 0 Å². The predicted molar refractivity (Wildman–Crippen MR) is 41.1 cm³/mol. The predicted octanol–water partition coefficient (Wildman–Crippen LogP) is 0.0332. The van der Waals surface area contributed by atoms with Crippen molar-refractivity contribution in [3.8, 4) is 0 Å². The number of aliphatic hydroxyl groups is 3. The van der Waals surface area contributed by atoms with E-state index in [0.29, 0.717) is 25.7 Å². The van der Waals surface area contributed by atoms with Gasteiger partial charge in [0.2, 0.25) is 0 Å². The lowest BCUT2D eigenvalue weighted by molar-refractivity contribution is 0.0177. The summed E-state index contributed by atoms with van der Waals surface area (Å²) in [6, 6.07) is 0. The second-order valence-electron chi connectivity index (χ2n) is 3.36. The molecule has 1 fully saturated rings. The molecule has 2 atom stereocenters. The van der Waals surface area contributed by atoms with Crippen molar-refractivity contribution in [2.45, 2.75) is 50.4 Å². The van der Waals surface area contributed by atoms with Gasteiger partial charge in [0.15, 0.2) is 0 Å². The van der Waals surface area contributed by atoms with Crippen LogP contribution in [0, 0.1) is 0 Å². The van der Waals surface area contributed by atoms with Crippen LogP contribution in [-0.2, 0) is 0 Å². The second kappa shape index (κ2) is 4.04. The molecule has 0 amide bonds. The lowest BCUT2D eigenvalue weighted by Crippen LogP contribution is -2.26. The Balaban J connectivity index is 2.34. The molecule has 0 spiro atoms. The highest BCUT2D eigenvalue weighted by Gasteiger charge is 2.19. The first-order valence-electron chi connectivity index (χ1n) is 4.22. The standard InChI is InChI=1S/C8H16O3/c9-6-2-1-3-7(10)5-8(11)4-6/h6-11H,1-5H2. The molecule has 11 heavy (non-hydrogen) atoms. The fourth-order valence-corrected chi connectivity index (χ4v) is 1.55. The number of hydrogen-bond acceptors (Lipinski definition) is 3. The molecule has 0 heterocycles. The van der Waals surface area contributed by atoms with Crippen molar-refractivity contribution < 1.29 is 15.3 Å². The molecule has 1 aliphatic rings. The molecule has 1 aliphatic carbocycles. The second-order valence-corrected chi connectivity index (χ2v) is 3.36. The van der Waals surface area contributed by atoms with E-state index in [1.165, 1.54) is 0 Å². The molecule has 0 aromatic heterocycles. The van der Waals surface area contributed by atoms with Gasteiger partial charge in [-0.3, -0.25) is 0 Å². The summed E-state index contributed by atoms with van der Waals surface area (Å²) in [4.78, 5) is 0. The monoisotopic (exact) mass is 160 g/mol. The van der Waals surface area contributed by atoms with Crippen LogP contribution in [-0.4, -0.2) is 33.6 Å². The highest BCUT2D eigenvalue weighted by molar-refractivity contribution is 4.72. The maximum atomic E-state index is 9.24. The molecule has 1 rings (SSSR count). The van der Waals surface area contributed by atoms with E-state index in [1.54, 1.807) is 0 Å². The van der Waals surface area contributed by atoms with Crippen molar-refractivity contribution in [1.82, 2.24) is 0 Å². The van der Waals surface area contributed by atoms with E-state index in [-0.39, 0.29) is 12.2 Å². The SMILES string of the molecule is OC1CCCC(O)CC(O)C1. The summed E-state index contributed by atoms with van der Waals surface area (Å²) in [7, 11) is 0. The summed E-state index contributed by atoms with van der Waals surface area (Å²) < 4.78 is 0. The van der Waals surface area contributed by atoms with Gasteiger partial charge in [0.25, 0.3) is 0 Å². The zero-order chi connectivity index (χ0) is 8.27. The number of rotatable bonds is 0. The van der Waals surface area contributed by atoms with Gasteiger partial charge in [-0.25, -0.2) is 0 Å². The Hall–Kier alpha value is -0.120. The van der Waals surface area contributed by atoms with E-state index in [1.807, 2.05) is 0 Å². The van der Waals surface area contributed by atoms with E-state index >= 15 is 0 Å².